The number of ether oxygens (including phenoxy) is 4. The molecule has 8 N–H and O–H groups in total. The summed E-state index contributed by atoms with van der Waals surface area (Å²) in [5, 5.41) is 18.6. The molecule has 0 aliphatic rings. The summed E-state index contributed by atoms with van der Waals surface area (Å²) in [6.07, 6.45) is -21.9. The Balaban J connectivity index is 0.000000162. The fraction of sp³-hybridized carbons (Fsp3) is 0.224. The third-order valence-corrected chi connectivity index (χ3v) is 15.4. The number of nitrogens with two attached hydrogens (primary N) is 4. The number of aromatic nitrogens is 8. The van der Waals surface area contributed by atoms with Crippen molar-refractivity contribution in [1.82, 2.24) is 39.1 Å². The molecule has 0 amide bonds. The van der Waals surface area contributed by atoms with Gasteiger partial charge in [0.25, 0.3) is 0 Å². The Morgan fingerprint density at radius 1 is 0.324 bits per heavy atom. The van der Waals surface area contributed by atoms with Crippen molar-refractivity contribution in [3.05, 3.63) is 169 Å². The standard InChI is InChI=1S/3C17H13F6N3O.C16H13F4N3O/c1-26-13-6-9(2-4-12(13)15(24)25-26)11-5-3-10(18)7-14(11)27-8-16(19,20)17(21,22)23;1-26-12-7-9(5-6-10(12)15(24)25-26)14-11(18)3-2-4-13(14)27-8-16(19,20)17(21,22)23;1-26-13-7-9(5-6-11(13)15(24)25-26)10-3-2-4-12(18)14(10)27-8-16(19,20)17(21,22)23;1-23-12-7-9(5-6-10(12)15(21)22-23)14-11(17)3-2-4-13(14)24-8-16(18,19)20/h3*2-7H,8H2,1H3,(H2,24,25);2-7H,8H2,1H3,(H2,21,22). The molecule has 0 bridgehead atoms. The van der Waals surface area contributed by atoms with Crippen LogP contribution >= 0.6 is 0 Å². The summed E-state index contributed by atoms with van der Waals surface area (Å²) in [6, 6.07) is 32.4. The molecule has 4 aromatic heterocycles. The van der Waals surface area contributed by atoms with Crippen LogP contribution in [0.15, 0.2) is 146 Å². The van der Waals surface area contributed by atoms with Gasteiger partial charge in [0, 0.05) is 66.9 Å². The molecular weight excluding hydrogens is 1450 g/mol. The zero-order valence-corrected chi connectivity index (χ0v) is 54.0. The van der Waals surface area contributed by atoms with Gasteiger partial charge in [-0.05, 0) is 113 Å². The zero-order valence-electron chi connectivity index (χ0n) is 54.0. The molecule has 0 saturated carbocycles. The normalized spacial score (nSPS) is 12.4. The van der Waals surface area contributed by atoms with E-state index in [4.69, 9.17) is 27.7 Å². The van der Waals surface area contributed by atoms with Crippen LogP contribution in [0.2, 0.25) is 0 Å². The van der Waals surface area contributed by atoms with Gasteiger partial charge in [0.2, 0.25) is 0 Å². The van der Waals surface area contributed by atoms with E-state index in [2.05, 4.69) is 34.6 Å². The van der Waals surface area contributed by atoms with Gasteiger partial charge in [-0.15, -0.1) is 0 Å². The molecule has 8 aromatic carbocycles. The van der Waals surface area contributed by atoms with E-state index in [1.807, 2.05) is 0 Å². The number of halogens is 22. The van der Waals surface area contributed by atoms with Crippen molar-refractivity contribution in [1.29, 1.82) is 0 Å². The first-order valence-corrected chi connectivity index (χ1v) is 29.7. The molecular formula is C67H52F22N12O4. The minimum atomic E-state index is -5.80. The average Bonchev–Trinajstić information content (AvgIpc) is 1.74. The maximum absolute atomic E-state index is 14.4. The number of anilines is 4. The largest absolute Gasteiger partial charge is 0.486 e. The predicted molar refractivity (Wildman–Crippen MR) is 343 cm³/mol. The zero-order chi connectivity index (χ0) is 77.4. The highest BCUT2D eigenvalue weighted by Crippen LogP contribution is 2.44. The first kappa shape index (κ1) is 77.7. The maximum atomic E-state index is 14.4. The number of rotatable bonds is 15. The van der Waals surface area contributed by atoms with Crippen LogP contribution in [0.1, 0.15) is 0 Å². The van der Waals surface area contributed by atoms with Crippen LogP contribution in [0, 0.1) is 23.3 Å². The molecule has 0 unspecified atom stereocenters. The summed E-state index contributed by atoms with van der Waals surface area (Å²) in [6.45, 7) is -7.46. The van der Waals surface area contributed by atoms with E-state index in [0.29, 0.717) is 66.1 Å². The first-order valence-electron chi connectivity index (χ1n) is 29.7. The smallest absolute Gasteiger partial charge is 0.456 e. The van der Waals surface area contributed by atoms with Crippen LogP contribution in [0.3, 0.4) is 0 Å². The molecule has 105 heavy (non-hydrogen) atoms. The predicted octanol–water partition coefficient (Wildman–Crippen LogP) is 17.5. The summed E-state index contributed by atoms with van der Waals surface area (Å²) >= 11 is 0. The Kier molecular flexibility index (Phi) is 21.7. The fourth-order valence-corrected chi connectivity index (χ4v) is 10.2. The Bertz CT molecular complexity index is 5130. The number of nitrogen functional groups attached to an aromatic ring is 4. The van der Waals surface area contributed by atoms with Gasteiger partial charge in [0.1, 0.15) is 34.7 Å². The molecule has 0 spiro atoms. The fourth-order valence-electron chi connectivity index (χ4n) is 10.2. The van der Waals surface area contributed by atoms with Crippen LogP contribution in [-0.2, 0) is 28.2 Å². The third-order valence-electron chi connectivity index (χ3n) is 15.4. The van der Waals surface area contributed by atoms with Crippen LogP contribution in [-0.4, -0.2) is 108 Å². The van der Waals surface area contributed by atoms with E-state index in [1.54, 1.807) is 82.8 Å². The SMILES string of the molecule is Cn1nc(N)c2ccc(-c3c(F)cccc3OCC(F)(F)C(F)(F)F)cc21.Cn1nc(N)c2ccc(-c3c(F)cccc3OCC(F)(F)F)cc21.Cn1nc(N)c2ccc(-c3ccc(F)cc3OCC(F)(F)C(F)(F)F)cc21.Cn1nc(N)c2ccc(-c3cccc(F)c3OCC(F)(F)C(F)(F)F)cc21. The summed E-state index contributed by atoms with van der Waals surface area (Å²) < 4.78 is 308. The lowest BCUT2D eigenvalue weighted by molar-refractivity contribution is -0.290. The van der Waals surface area contributed by atoms with E-state index in [-0.39, 0.29) is 51.0 Å². The molecule has 4 heterocycles. The summed E-state index contributed by atoms with van der Waals surface area (Å²) in [7, 11) is 6.53. The van der Waals surface area contributed by atoms with E-state index in [9.17, 15) is 96.6 Å². The lowest BCUT2D eigenvalue weighted by Gasteiger charge is -2.21. The topological polar surface area (TPSA) is 212 Å². The van der Waals surface area contributed by atoms with Crippen molar-refractivity contribution in [2.24, 2.45) is 28.2 Å². The Morgan fingerprint density at radius 2 is 0.638 bits per heavy atom. The van der Waals surface area contributed by atoms with Gasteiger partial charge in [0.05, 0.1) is 33.2 Å². The van der Waals surface area contributed by atoms with Crippen LogP contribution in [0.4, 0.5) is 120 Å². The second-order valence-electron chi connectivity index (χ2n) is 22.8. The lowest BCUT2D eigenvalue weighted by atomic mass is 10.0. The van der Waals surface area contributed by atoms with Gasteiger partial charge in [-0.1, -0.05) is 48.5 Å². The van der Waals surface area contributed by atoms with Crippen molar-refractivity contribution in [3.63, 3.8) is 0 Å². The van der Waals surface area contributed by atoms with Gasteiger partial charge >= 0.3 is 42.5 Å². The maximum Gasteiger partial charge on any atom is 0.456 e. The highest BCUT2D eigenvalue weighted by Gasteiger charge is 2.60. The van der Waals surface area contributed by atoms with E-state index in [1.165, 1.54) is 67.3 Å². The van der Waals surface area contributed by atoms with Crippen molar-refractivity contribution in [2.75, 3.05) is 49.4 Å². The first-order chi connectivity index (χ1) is 48.8. The number of aryl methyl sites for hydroxylation is 4. The molecule has 38 heteroatoms. The number of alkyl halides is 18. The quantitative estimate of drug-likeness (QED) is 0.0706. The van der Waals surface area contributed by atoms with Gasteiger partial charge in [-0.2, -0.15) is 99.4 Å². The number of benzene rings is 8. The Morgan fingerprint density at radius 3 is 1.01 bits per heavy atom. The van der Waals surface area contributed by atoms with Crippen LogP contribution in [0.25, 0.3) is 88.1 Å². The highest BCUT2D eigenvalue weighted by atomic mass is 19.4. The van der Waals surface area contributed by atoms with Gasteiger partial charge < -0.3 is 41.9 Å². The second-order valence-corrected chi connectivity index (χ2v) is 22.8. The molecule has 0 aliphatic heterocycles. The Labute approximate surface area is 576 Å². The van der Waals surface area contributed by atoms with Gasteiger partial charge in [-0.3, -0.25) is 18.7 Å². The summed E-state index contributed by atoms with van der Waals surface area (Å²) in [5.74, 6) is -19.3. The monoisotopic (exact) mass is 1510 g/mol. The van der Waals surface area contributed by atoms with Gasteiger partial charge in [-0.25, -0.2) is 17.6 Å². The average molecular weight is 1510 g/mol. The molecule has 558 valence electrons. The molecule has 0 radical (unpaired) electrons. The lowest BCUT2D eigenvalue weighted by Crippen LogP contribution is -2.41. The molecule has 16 nitrogen and oxygen atoms in total. The van der Waals surface area contributed by atoms with E-state index in [0.717, 1.165) is 42.5 Å². The van der Waals surface area contributed by atoms with E-state index >= 15 is 0 Å². The number of para-hydroxylation sites is 1. The van der Waals surface area contributed by atoms with Gasteiger partial charge in [0.15, 0.2) is 61.3 Å². The van der Waals surface area contributed by atoms with Crippen molar-refractivity contribution in [2.45, 2.75) is 42.5 Å². The molecule has 0 saturated heterocycles. The summed E-state index contributed by atoms with van der Waals surface area (Å²) in [5.41, 5.74) is 26.6. The minimum absolute atomic E-state index is 0.0228. The number of fused-ring (bicyclic) bond motifs is 4. The second kappa shape index (κ2) is 29.3. The molecule has 12 aromatic rings. The minimum Gasteiger partial charge on any atom is -0.486 e. The molecule has 0 aliphatic carbocycles. The molecule has 12 rings (SSSR count). The van der Waals surface area contributed by atoms with Crippen LogP contribution < -0.4 is 41.9 Å². The third kappa shape index (κ3) is 17.1. The van der Waals surface area contributed by atoms with Crippen molar-refractivity contribution in [3.8, 4) is 67.5 Å². The number of hydrogen-bond donors (Lipinski definition) is 4. The summed E-state index contributed by atoms with van der Waals surface area (Å²) in [4.78, 5) is 0. The Hall–Kier alpha value is -11.5. The molecule has 0 fully saturated rings. The van der Waals surface area contributed by atoms with E-state index < -0.39 is 109 Å². The van der Waals surface area contributed by atoms with Crippen LogP contribution in [0.5, 0.6) is 23.0 Å². The van der Waals surface area contributed by atoms with Crippen molar-refractivity contribution >= 4 is 66.9 Å². The van der Waals surface area contributed by atoms with Crippen molar-refractivity contribution < 1.29 is 116 Å². The number of nitrogens with zero attached hydrogens (tertiary/aromatic N) is 8. The molecule has 0 atom stereocenters. The number of hydrogen-bond acceptors (Lipinski definition) is 12. The highest BCUT2D eigenvalue weighted by molar-refractivity contribution is 5.96.